The number of ether oxygens (including phenoxy) is 1. The quantitative estimate of drug-likeness (QED) is 0.721. The molecule has 0 aliphatic carbocycles. The summed E-state index contributed by atoms with van der Waals surface area (Å²) in [7, 11) is 0. The molecule has 1 aliphatic heterocycles. The molecule has 0 aromatic heterocycles. The van der Waals surface area contributed by atoms with E-state index in [0.717, 1.165) is 5.69 Å². The van der Waals surface area contributed by atoms with Gasteiger partial charge in [0.05, 0.1) is 42.2 Å². The van der Waals surface area contributed by atoms with Crippen molar-refractivity contribution in [3.05, 3.63) is 23.8 Å². The Balaban J connectivity index is 2.28. The summed E-state index contributed by atoms with van der Waals surface area (Å²) in [5.41, 5.74) is 7.86. The van der Waals surface area contributed by atoms with Gasteiger partial charge in [-0.3, -0.25) is 0 Å². The van der Waals surface area contributed by atoms with Gasteiger partial charge in [-0.15, -0.1) is 0 Å². The van der Waals surface area contributed by atoms with Gasteiger partial charge in [0.1, 0.15) is 0 Å². The molecular weight excluding hydrogens is 216 g/mol. The highest BCUT2D eigenvalue weighted by atomic mass is 16.5. The van der Waals surface area contributed by atoms with Crippen LogP contribution in [0.2, 0.25) is 0 Å². The molecule has 1 unspecified atom stereocenters. The Kier molecular flexibility index (Phi) is 3.13. The van der Waals surface area contributed by atoms with Crippen LogP contribution in [-0.4, -0.2) is 25.8 Å². The largest absolute Gasteiger partial charge is 0.397 e. The molecule has 0 bridgehead atoms. The molecule has 0 amide bonds. The molecule has 1 heterocycles. The third-order valence-corrected chi connectivity index (χ3v) is 2.71. The summed E-state index contributed by atoms with van der Waals surface area (Å²) < 4.78 is 5.27. The summed E-state index contributed by atoms with van der Waals surface area (Å²) >= 11 is 0. The Morgan fingerprint density at radius 2 is 2.24 bits per heavy atom. The van der Waals surface area contributed by atoms with E-state index >= 15 is 0 Å². The molecule has 0 saturated carbocycles. The number of nitrogens with two attached hydrogens (primary N) is 1. The maximum absolute atomic E-state index is 8.86. The van der Waals surface area contributed by atoms with Gasteiger partial charge in [-0.25, -0.2) is 0 Å². The number of hydrogen-bond donors (Lipinski definition) is 1. The molecule has 1 aromatic carbocycles. The minimum absolute atomic E-state index is 0.436. The highest BCUT2D eigenvalue weighted by Crippen LogP contribution is 2.26. The lowest BCUT2D eigenvalue weighted by atomic mass is 10.1. The number of hydrogen-bond acceptors (Lipinski definition) is 5. The van der Waals surface area contributed by atoms with Crippen LogP contribution in [0.4, 0.5) is 11.4 Å². The Hall–Kier alpha value is -2.24. The van der Waals surface area contributed by atoms with Crippen molar-refractivity contribution in [2.24, 2.45) is 0 Å². The van der Waals surface area contributed by atoms with Crippen LogP contribution < -0.4 is 10.6 Å². The number of nitriles is 2. The molecule has 2 rings (SSSR count). The average Bonchev–Trinajstić information content (AvgIpc) is 2.39. The minimum Gasteiger partial charge on any atom is -0.397 e. The van der Waals surface area contributed by atoms with Gasteiger partial charge in [0.15, 0.2) is 6.10 Å². The van der Waals surface area contributed by atoms with Gasteiger partial charge >= 0.3 is 0 Å². The fraction of sp³-hybridized carbons (Fsp3) is 0.333. The fourth-order valence-electron chi connectivity index (χ4n) is 1.83. The molecule has 17 heavy (non-hydrogen) atoms. The van der Waals surface area contributed by atoms with Gasteiger partial charge in [0, 0.05) is 6.54 Å². The molecule has 1 saturated heterocycles. The summed E-state index contributed by atoms with van der Waals surface area (Å²) in [5.74, 6) is 0. The van der Waals surface area contributed by atoms with E-state index in [1.54, 1.807) is 18.2 Å². The zero-order chi connectivity index (χ0) is 12.3. The standard InChI is InChI=1S/C12H12N4O/c13-6-9-1-2-11(15)12(5-9)16-3-4-17-10(7-14)8-16/h1-2,5,10H,3-4,8,15H2. The van der Waals surface area contributed by atoms with Crippen molar-refractivity contribution >= 4 is 11.4 Å². The Morgan fingerprint density at radius 3 is 2.94 bits per heavy atom. The maximum Gasteiger partial charge on any atom is 0.161 e. The number of benzene rings is 1. The fourth-order valence-corrected chi connectivity index (χ4v) is 1.83. The molecular formula is C12H12N4O. The van der Waals surface area contributed by atoms with Crippen molar-refractivity contribution in [2.75, 3.05) is 30.3 Å². The molecule has 2 N–H and O–H groups in total. The lowest BCUT2D eigenvalue weighted by Crippen LogP contribution is -2.42. The number of nitrogen functional groups attached to an aromatic ring is 1. The van der Waals surface area contributed by atoms with Gasteiger partial charge in [0.25, 0.3) is 0 Å². The molecule has 1 atom stereocenters. The number of morpholine rings is 1. The van der Waals surface area contributed by atoms with Crippen molar-refractivity contribution in [1.82, 2.24) is 0 Å². The highest BCUT2D eigenvalue weighted by Gasteiger charge is 2.21. The lowest BCUT2D eigenvalue weighted by molar-refractivity contribution is 0.0765. The van der Waals surface area contributed by atoms with Crippen LogP contribution in [0.1, 0.15) is 5.56 Å². The van der Waals surface area contributed by atoms with Crippen molar-refractivity contribution in [1.29, 1.82) is 10.5 Å². The van der Waals surface area contributed by atoms with Crippen LogP contribution in [0.3, 0.4) is 0 Å². The van der Waals surface area contributed by atoms with Crippen molar-refractivity contribution in [2.45, 2.75) is 6.10 Å². The van der Waals surface area contributed by atoms with Crippen molar-refractivity contribution < 1.29 is 4.74 Å². The van der Waals surface area contributed by atoms with Gasteiger partial charge < -0.3 is 15.4 Å². The van der Waals surface area contributed by atoms with E-state index in [1.165, 1.54) is 0 Å². The summed E-state index contributed by atoms with van der Waals surface area (Å²) in [5, 5.41) is 17.7. The van der Waals surface area contributed by atoms with Gasteiger partial charge in [-0.05, 0) is 18.2 Å². The third kappa shape index (κ3) is 2.30. The van der Waals surface area contributed by atoms with Crippen LogP contribution in [-0.2, 0) is 4.74 Å². The summed E-state index contributed by atoms with van der Waals surface area (Å²) in [6.45, 7) is 1.65. The molecule has 0 spiro atoms. The molecule has 5 heteroatoms. The molecule has 0 radical (unpaired) electrons. The minimum atomic E-state index is -0.436. The molecule has 1 aromatic rings. The lowest BCUT2D eigenvalue weighted by Gasteiger charge is -2.32. The summed E-state index contributed by atoms with van der Waals surface area (Å²) in [4.78, 5) is 1.98. The van der Waals surface area contributed by atoms with Crippen LogP contribution in [0.5, 0.6) is 0 Å². The topological polar surface area (TPSA) is 86.1 Å². The van der Waals surface area contributed by atoms with E-state index in [4.69, 9.17) is 21.0 Å². The first-order valence-electron chi connectivity index (χ1n) is 5.30. The molecule has 1 fully saturated rings. The first-order valence-corrected chi connectivity index (χ1v) is 5.30. The zero-order valence-electron chi connectivity index (χ0n) is 9.26. The first kappa shape index (κ1) is 11.3. The van der Waals surface area contributed by atoms with Crippen LogP contribution in [0.15, 0.2) is 18.2 Å². The number of nitrogens with zero attached hydrogens (tertiary/aromatic N) is 3. The van der Waals surface area contributed by atoms with E-state index in [-0.39, 0.29) is 0 Å². The Labute approximate surface area is 99.6 Å². The summed E-state index contributed by atoms with van der Waals surface area (Å²) in [6.07, 6.45) is -0.436. The van der Waals surface area contributed by atoms with E-state index in [0.29, 0.717) is 30.9 Å². The van der Waals surface area contributed by atoms with Gasteiger partial charge in [0.2, 0.25) is 0 Å². The second kappa shape index (κ2) is 4.73. The molecule has 1 aliphatic rings. The smallest absolute Gasteiger partial charge is 0.161 e. The second-order valence-corrected chi connectivity index (χ2v) is 3.82. The highest BCUT2D eigenvalue weighted by molar-refractivity contribution is 5.70. The van der Waals surface area contributed by atoms with E-state index in [9.17, 15) is 0 Å². The Morgan fingerprint density at radius 1 is 1.41 bits per heavy atom. The zero-order valence-corrected chi connectivity index (χ0v) is 9.26. The monoisotopic (exact) mass is 228 g/mol. The van der Waals surface area contributed by atoms with E-state index < -0.39 is 6.10 Å². The molecule has 86 valence electrons. The predicted molar refractivity (Wildman–Crippen MR) is 63.1 cm³/mol. The number of anilines is 2. The van der Waals surface area contributed by atoms with Gasteiger partial charge in [-0.2, -0.15) is 10.5 Å². The SMILES string of the molecule is N#Cc1ccc(N)c(N2CCOC(C#N)C2)c1. The van der Waals surface area contributed by atoms with E-state index in [1.807, 2.05) is 4.90 Å². The van der Waals surface area contributed by atoms with Gasteiger partial charge in [-0.1, -0.05) is 0 Å². The normalized spacial score (nSPS) is 19.4. The maximum atomic E-state index is 8.86. The predicted octanol–water partition coefficient (Wildman–Crippen LogP) is 0.869. The van der Waals surface area contributed by atoms with Crippen LogP contribution >= 0.6 is 0 Å². The summed E-state index contributed by atoms with van der Waals surface area (Å²) in [6, 6.07) is 9.30. The second-order valence-electron chi connectivity index (χ2n) is 3.82. The third-order valence-electron chi connectivity index (χ3n) is 2.71. The Bertz CT molecular complexity index is 500. The average molecular weight is 228 g/mol. The van der Waals surface area contributed by atoms with Crippen LogP contribution in [0.25, 0.3) is 0 Å². The van der Waals surface area contributed by atoms with Crippen molar-refractivity contribution in [3.63, 3.8) is 0 Å². The van der Waals surface area contributed by atoms with Crippen LogP contribution in [0, 0.1) is 22.7 Å². The van der Waals surface area contributed by atoms with Crippen molar-refractivity contribution in [3.8, 4) is 12.1 Å². The first-order chi connectivity index (χ1) is 8.24. The molecule has 5 nitrogen and oxygen atoms in total. The number of rotatable bonds is 1. The van der Waals surface area contributed by atoms with E-state index in [2.05, 4.69) is 12.1 Å².